The van der Waals surface area contributed by atoms with Crippen molar-refractivity contribution in [2.24, 2.45) is 10.7 Å². The van der Waals surface area contributed by atoms with Crippen LogP contribution in [0, 0.1) is 6.92 Å². The molecule has 0 bridgehead atoms. The smallest absolute Gasteiger partial charge is 0.216 e. The molecule has 3 aromatic rings. The van der Waals surface area contributed by atoms with Gasteiger partial charge in [0.05, 0.1) is 12.8 Å². The van der Waals surface area contributed by atoms with Crippen LogP contribution in [0.5, 0.6) is 0 Å². The lowest BCUT2D eigenvalue weighted by atomic mass is 10.1. The first kappa shape index (κ1) is 20.9. The molecule has 0 saturated carbocycles. The van der Waals surface area contributed by atoms with Gasteiger partial charge in [-0.3, -0.25) is 0 Å². The first-order valence-corrected chi connectivity index (χ1v) is 8.31. The number of hydrogen-bond acceptors (Lipinski definition) is 4. The van der Waals surface area contributed by atoms with Gasteiger partial charge in [-0.1, -0.05) is 48.0 Å². The molecule has 1 heterocycles. The standard InChI is InChI=1S/C20H22N4O2.HI/c1-14-7-9-15(10-8-14)18-11-22-19(26-18)12-23-20(21)24-17-6-4-3-5-16(17)13-25-2;/h3-11H,12-13H2,1-2H3,(H3,21,23,24);1H. The summed E-state index contributed by atoms with van der Waals surface area (Å²) in [4.78, 5) is 8.56. The summed E-state index contributed by atoms with van der Waals surface area (Å²) in [6, 6.07) is 15.9. The number of nitrogens with zero attached hydrogens (tertiary/aromatic N) is 2. The molecule has 3 N–H and O–H groups in total. The minimum Gasteiger partial charge on any atom is -0.439 e. The van der Waals surface area contributed by atoms with Crippen molar-refractivity contribution in [2.45, 2.75) is 20.1 Å². The second-order valence-electron chi connectivity index (χ2n) is 5.90. The fourth-order valence-electron chi connectivity index (χ4n) is 2.49. The van der Waals surface area contributed by atoms with E-state index in [-0.39, 0.29) is 30.5 Å². The summed E-state index contributed by atoms with van der Waals surface area (Å²) in [5, 5.41) is 3.09. The van der Waals surface area contributed by atoms with Crippen molar-refractivity contribution in [2.75, 3.05) is 12.4 Å². The molecule has 0 aliphatic rings. The molecule has 0 atom stereocenters. The van der Waals surface area contributed by atoms with Crippen molar-refractivity contribution < 1.29 is 9.15 Å². The number of aliphatic imine (C=N–C) groups is 1. The lowest BCUT2D eigenvalue weighted by Crippen LogP contribution is -2.23. The molecule has 3 rings (SSSR count). The van der Waals surface area contributed by atoms with E-state index in [4.69, 9.17) is 14.9 Å². The van der Waals surface area contributed by atoms with Crippen LogP contribution in [0.4, 0.5) is 5.69 Å². The monoisotopic (exact) mass is 478 g/mol. The summed E-state index contributed by atoms with van der Waals surface area (Å²) in [6.45, 7) is 2.80. The minimum absolute atomic E-state index is 0. The van der Waals surface area contributed by atoms with Gasteiger partial charge in [-0.15, -0.1) is 24.0 Å². The number of ether oxygens (including phenoxy) is 1. The van der Waals surface area contributed by atoms with Gasteiger partial charge in [-0.05, 0) is 13.0 Å². The molecule has 142 valence electrons. The number of benzene rings is 2. The normalized spacial score (nSPS) is 11.1. The van der Waals surface area contributed by atoms with Crippen LogP contribution in [0.15, 0.2) is 64.1 Å². The third kappa shape index (κ3) is 5.80. The Morgan fingerprint density at radius 3 is 2.67 bits per heavy atom. The first-order valence-electron chi connectivity index (χ1n) is 8.31. The maximum Gasteiger partial charge on any atom is 0.216 e. The summed E-state index contributed by atoms with van der Waals surface area (Å²) < 4.78 is 10.9. The number of para-hydroxylation sites is 1. The number of halogens is 1. The van der Waals surface area contributed by atoms with Crippen LogP contribution < -0.4 is 11.1 Å². The number of hydrogen-bond donors (Lipinski definition) is 2. The third-order valence-electron chi connectivity index (χ3n) is 3.85. The number of nitrogens with two attached hydrogens (primary N) is 1. The van der Waals surface area contributed by atoms with Gasteiger partial charge in [0.25, 0.3) is 0 Å². The van der Waals surface area contributed by atoms with Gasteiger partial charge < -0.3 is 20.2 Å². The zero-order valence-corrected chi connectivity index (χ0v) is 17.6. The van der Waals surface area contributed by atoms with Crippen molar-refractivity contribution in [3.8, 4) is 11.3 Å². The van der Waals surface area contributed by atoms with Gasteiger partial charge in [0, 0.05) is 23.9 Å². The van der Waals surface area contributed by atoms with Gasteiger partial charge in [0.15, 0.2) is 11.7 Å². The van der Waals surface area contributed by atoms with E-state index in [1.807, 2.05) is 55.5 Å². The highest BCUT2D eigenvalue weighted by Gasteiger charge is 2.07. The average molecular weight is 478 g/mol. The zero-order valence-electron chi connectivity index (χ0n) is 15.3. The van der Waals surface area contributed by atoms with E-state index in [1.54, 1.807) is 13.3 Å². The number of guanidine groups is 1. The van der Waals surface area contributed by atoms with Gasteiger partial charge in [-0.25, -0.2) is 9.98 Å². The summed E-state index contributed by atoms with van der Waals surface area (Å²) in [6.07, 6.45) is 1.70. The maximum atomic E-state index is 5.98. The molecule has 1 aromatic heterocycles. The second-order valence-corrected chi connectivity index (χ2v) is 5.90. The van der Waals surface area contributed by atoms with E-state index < -0.39 is 0 Å². The molecule has 0 saturated heterocycles. The van der Waals surface area contributed by atoms with E-state index in [0.717, 1.165) is 16.8 Å². The van der Waals surface area contributed by atoms with Gasteiger partial charge >= 0.3 is 0 Å². The van der Waals surface area contributed by atoms with E-state index >= 15 is 0 Å². The van der Waals surface area contributed by atoms with Crippen LogP contribution in [0.3, 0.4) is 0 Å². The van der Waals surface area contributed by atoms with Crippen molar-refractivity contribution in [3.63, 3.8) is 0 Å². The summed E-state index contributed by atoms with van der Waals surface area (Å²) in [7, 11) is 1.66. The molecule has 0 unspecified atom stereocenters. The first-order chi connectivity index (χ1) is 12.7. The molecular formula is C20H23IN4O2. The minimum atomic E-state index is 0. The van der Waals surface area contributed by atoms with Crippen LogP contribution in [0.2, 0.25) is 0 Å². The highest BCUT2D eigenvalue weighted by atomic mass is 127. The van der Waals surface area contributed by atoms with Gasteiger partial charge in [-0.2, -0.15) is 0 Å². The third-order valence-corrected chi connectivity index (χ3v) is 3.85. The van der Waals surface area contributed by atoms with E-state index in [1.165, 1.54) is 5.56 Å². The molecule has 0 spiro atoms. The molecule has 2 aromatic carbocycles. The molecule has 0 radical (unpaired) electrons. The predicted octanol–water partition coefficient (Wildman–Crippen LogP) is 4.34. The summed E-state index contributed by atoms with van der Waals surface area (Å²) in [5.41, 5.74) is 10.0. The van der Waals surface area contributed by atoms with Crippen molar-refractivity contribution >= 4 is 35.6 Å². The fraction of sp³-hybridized carbons (Fsp3) is 0.200. The molecule has 0 aliphatic heterocycles. The SMILES string of the molecule is COCc1ccccc1NC(N)=NCc1ncc(-c2ccc(C)cc2)o1.I. The predicted molar refractivity (Wildman–Crippen MR) is 118 cm³/mol. The molecule has 6 nitrogen and oxygen atoms in total. The Morgan fingerprint density at radius 2 is 1.93 bits per heavy atom. The van der Waals surface area contributed by atoms with Crippen LogP contribution in [-0.2, 0) is 17.9 Å². The quantitative estimate of drug-likeness (QED) is 0.313. The molecule has 7 heteroatoms. The molecule has 0 aliphatic carbocycles. The van der Waals surface area contributed by atoms with Gasteiger partial charge in [0.1, 0.15) is 6.54 Å². The van der Waals surface area contributed by atoms with Gasteiger partial charge in [0.2, 0.25) is 5.89 Å². The lowest BCUT2D eigenvalue weighted by molar-refractivity contribution is 0.185. The Kier molecular flexibility index (Phi) is 7.81. The van der Waals surface area contributed by atoms with E-state index in [0.29, 0.717) is 24.2 Å². The topological polar surface area (TPSA) is 85.7 Å². The largest absolute Gasteiger partial charge is 0.439 e. The zero-order chi connectivity index (χ0) is 18.4. The Morgan fingerprint density at radius 1 is 1.19 bits per heavy atom. The van der Waals surface area contributed by atoms with Crippen molar-refractivity contribution in [3.05, 3.63) is 71.7 Å². The Balaban J connectivity index is 0.00000261. The Bertz CT molecular complexity index is 891. The van der Waals surface area contributed by atoms with Crippen molar-refractivity contribution in [1.82, 2.24) is 4.98 Å². The van der Waals surface area contributed by atoms with E-state index in [9.17, 15) is 0 Å². The fourth-order valence-corrected chi connectivity index (χ4v) is 2.49. The van der Waals surface area contributed by atoms with Crippen molar-refractivity contribution in [1.29, 1.82) is 0 Å². The number of aryl methyl sites for hydroxylation is 1. The van der Waals surface area contributed by atoms with Crippen LogP contribution in [0.25, 0.3) is 11.3 Å². The molecular weight excluding hydrogens is 455 g/mol. The van der Waals surface area contributed by atoms with Crippen LogP contribution in [-0.4, -0.2) is 18.1 Å². The Hall–Kier alpha value is -2.39. The second kappa shape index (κ2) is 10.1. The number of nitrogens with one attached hydrogen (secondary N) is 1. The summed E-state index contributed by atoms with van der Waals surface area (Å²) >= 11 is 0. The number of aromatic nitrogens is 1. The highest BCUT2D eigenvalue weighted by Crippen LogP contribution is 2.21. The number of anilines is 1. The Labute approximate surface area is 175 Å². The summed E-state index contributed by atoms with van der Waals surface area (Å²) in [5.74, 6) is 1.52. The highest BCUT2D eigenvalue weighted by molar-refractivity contribution is 14.0. The molecule has 0 fully saturated rings. The van der Waals surface area contributed by atoms with Crippen LogP contribution in [0.1, 0.15) is 17.0 Å². The maximum absolute atomic E-state index is 5.98. The number of oxazole rings is 1. The van der Waals surface area contributed by atoms with E-state index in [2.05, 4.69) is 15.3 Å². The molecule has 0 amide bonds. The lowest BCUT2D eigenvalue weighted by Gasteiger charge is -2.10. The molecule has 27 heavy (non-hydrogen) atoms. The number of rotatable bonds is 6. The number of methoxy groups -OCH3 is 1. The van der Waals surface area contributed by atoms with Crippen LogP contribution >= 0.6 is 24.0 Å². The average Bonchev–Trinajstić information content (AvgIpc) is 3.11.